The molecule has 0 spiro atoms. The van der Waals surface area contributed by atoms with Crippen LogP contribution in [0.4, 0.5) is 0 Å². The molecule has 0 N–H and O–H groups in total. The summed E-state index contributed by atoms with van der Waals surface area (Å²) in [5, 5.41) is 0. The molecule has 0 saturated carbocycles. The van der Waals surface area contributed by atoms with Gasteiger partial charge in [-0.15, -0.1) is 0 Å². The lowest BCUT2D eigenvalue weighted by Crippen LogP contribution is -2.30. The van der Waals surface area contributed by atoms with Crippen molar-refractivity contribution in [3.05, 3.63) is 48.6 Å². The summed E-state index contributed by atoms with van der Waals surface area (Å²) < 4.78 is 16.8. The van der Waals surface area contributed by atoms with Crippen molar-refractivity contribution in [1.29, 1.82) is 0 Å². The molecule has 0 rings (SSSR count). The molecular formula is C57H102O6. The third-order valence-electron chi connectivity index (χ3n) is 11.8. The molecule has 0 aliphatic carbocycles. The van der Waals surface area contributed by atoms with Gasteiger partial charge in [0, 0.05) is 19.3 Å². The van der Waals surface area contributed by atoms with Gasteiger partial charge < -0.3 is 14.2 Å². The van der Waals surface area contributed by atoms with Crippen molar-refractivity contribution in [2.75, 3.05) is 13.2 Å². The quantitative estimate of drug-likeness (QED) is 0.0262. The summed E-state index contributed by atoms with van der Waals surface area (Å²) in [4.78, 5) is 38.0. The van der Waals surface area contributed by atoms with Crippen LogP contribution in [0, 0.1) is 0 Å². The van der Waals surface area contributed by atoms with Crippen molar-refractivity contribution in [2.24, 2.45) is 0 Å². The Balaban J connectivity index is 4.39. The third kappa shape index (κ3) is 50.2. The normalized spacial score (nSPS) is 12.4. The average molecular weight is 883 g/mol. The van der Waals surface area contributed by atoms with Gasteiger partial charge in [-0.25, -0.2) is 0 Å². The van der Waals surface area contributed by atoms with Gasteiger partial charge >= 0.3 is 17.9 Å². The second-order valence-electron chi connectivity index (χ2n) is 18.1. The zero-order chi connectivity index (χ0) is 45.8. The zero-order valence-corrected chi connectivity index (χ0v) is 41.8. The van der Waals surface area contributed by atoms with E-state index < -0.39 is 6.10 Å². The predicted molar refractivity (Wildman–Crippen MR) is 270 cm³/mol. The van der Waals surface area contributed by atoms with Gasteiger partial charge in [0.05, 0.1) is 0 Å². The van der Waals surface area contributed by atoms with Crippen LogP contribution in [-0.4, -0.2) is 37.2 Å². The molecule has 0 fully saturated rings. The Morgan fingerprint density at radius 1 is 0.317 bits per heavy atom. The summed E-state index contributed by atoms with van der Waals surface area (Å²) in [6.07, 6.45) is 62.3. The van der Waals surface area contributed by atoms with Crippen molar-refractivity contribution in [1.82, 2.24) is 0 Å². The smallest absolute Gasteiger partial charge is 0.306 e. The summed E-state index contributed by atoms with van der Waals surface area (Å²) in [7, 11) is 0. The van der Waals surface area contributed by atoms with E-state index in [2.05, 4.69) is 69.4 Å². The van der Waals surface area contributed by atoms with Gasteiger partial charge in [-0.2, -0.15) is 0 Å². The molecule has 6 nitrogen and oxygen atoms in total. The van der Waals surface area contributed by atoms with Crippen LogP contribution in [0.25, 0.3) is 0 Å². The molecule has 0 heterocycles. The summed E-state index contributed by atoms with van der Waals surface area (Å²) in [6, 6.07) is 0. The molecule has 0 aliphatic rings. The van der Waals surface area contributed by atoms with Gasteiger partial charge in [0.15, 0.2) is 6.10 Å². The van der Waals surface area contributed by atoms with E-state index in [4.69, 9.17) is 14.2 Å². The van der Waals surface area contributed by atoms with E-state index in [1.807, 2.05) is 0 Å². The Bertz CT molecular complexity index is 1110. The van der Waals surface area contributed by atoms with Gasteiger partial charge in [-0.3, -0.25) is 14.4 Å². The molecule has 366 valence electrons. The number of ether oxygens (including phenoxy) is 3. The van der Waals surface area contributed by atoms with E-state index in [-0.39, 0.29) is 31.1 Å². The number of carbonyl (C=O) groups is 3. The van der Waals surface area contributed by atoms with Crippen LogP contribution >= 0.6 is 0 Å². The van der Waals surface area contributed by atoms with Gasteiger partial charge in [-0.05, 0) is 103 Å². The molecule has 63 heavy (non-hydrogen) atoms. The van der Waals surface area contributed by atoms with Crippen LogP contribution in [0.3, 0.4) is 0 Å². The number of rotatable bonds is 49. The number of allylic oxidation sites excluding steroid dienone is 8. The van der Waals surface area contributed by atoms with Crippen LogP contribution in [0.5, 0.6) is 0 Å². The van der Waals surface area contributed by atoms with Gasteiger partial charge in [-0.1, -0.05) is 204 Å². The van der Waals surface area contributed by atoms with Gasteiger partial charge in [0.25, 0.3) is 0 Å². The fourth-order valence-corrected chi connectivity index (χ4v) is 7.64. The van der Waals surface area contributed by atoms with E-state index in [0.29, 0.717) is 19.3 Å². The molecule has 0 aromatic heterocycles. The Morgan fingerprint density at radius 2 is 0.571 bits per heavy atom. The van der Waals surface area contributed by atoms with Crippen LogP contribution in [0.15, 0.2) is 48.6 Å². The third-order valence-corrected chi connectivity index (χ3v) is 11.8. The number of carbonyl (C=O) groups excluding carboxylic acids is 3. The van der Waals surface area contributed by atoms with E-state index in [9.17, 15) is 14.4 Å². The average Bonchev–Trinajstić information content (AvgIpc) is 3.28. The zero-order valence-electron chi connectivity index (χ0n) is 41.8. The largest absolute Gasteiger partial charge is 0.462 e. The molecule has 1 atom stereocenters. The number of hydrogen-bond acceptors (Lipinski definition) is 6. The second kappa shape index (κ2) is 52.0. The minimum absolute atomic E-state index is 0.0827. The molecule has 0 unspecified atom stereocenters. The predicted octanol–water partition coefficient (Wildman–Crippen LogP) is 17.9. The Hall–Kier alpha value is -2.63. The first-order valence-electron chi connectivity index (χ1n) is 27.1. The maximum atomic E-state index is 12.8. The lowest BCUT2D eigenvalue weighted by atomic mass is 10.1. The summed E-state index contributed by atoms with van der Waals surface area (Å²) in [5.41, 5.74) is 0. The first kappa shape index (κ1) is 60.4. The van der Waals surface area contributed by atoms with Crippen LogP contribution < -0.4 is 0 Å². The molecule has 0 aromatic carbocycles. The Morgan fingerprint density at radius 3 is 0.937 bits per heavy atom. The highest BCUT2D eigenvalue weighted by Crippen LogP contribution is 2.14. The standard InChI is InChI=1S/C57H102O6/c1-4-7-10-13-16-19-22-25-27-28-30-32-35-38-41-44-47-50-56(59)62-53-54(52-61-55(58)49-46-43-40-37-34-31-24-21-18-15-12-9-6-3)63-57(60)51-48-45-42-39-36-33-29-26-23-20-17-14-11-8-5-2/h17,20-21,24-27,29,54H,4-16,18-19,22-23,28,30-53H2,1-3H3/b20-17+,24-21+,27-25+,29-26+/t54-/m1/s1. The molecule has 0 bridgehead atoms. The molecular weight excluding hydrogens is 781 g/mol. The topological polar surface area (TPSA) is 78.9 Å². The molecule has 0 aromatic rings. The van der Waals surface area contributed by atoms with E-state index in [0.717, 1.165) is 89.9 Å². The Kier molecular flexibility index (Phi) is 49.8. The monoisotopic (exact) mass is 883 g/mol. The highest BCUT2D eigenvalue weighted by atomic mass is 16.6. The molecule has 0 amide bonds. The lowest BCUT2D eigenvalue weighted by molar-refractivity contribution is -0.167. The second-order valence-corrected chi connectivity index (χ2v) is 18.1. The van der Waals surface area contributed by atoms with E-state index >= 15 is 0 Å². The Labute approximate surface area is 390 Å². The van der Waals surface area contributed by atoms with Crippen molar-refractivity contribution in [3.8, 4) is 0 Å². The van der Waals surface area contributed by atoms with Crippen LogP contribution in [-0.2, 0) is 28.6 Å². The van der Waals surface area contributed by atoms with Gasteiger partial charge in [0.1, 0.15) is 13.2 Å². The van der Waals surface area contributed by atoms with E-state index in [1.54, 1.807) is 0 Å². The highest BCUT2D eigenvalue weighted by molar-refractivity contribution is 5.71. The number of unbranched alkanes of at least 4 members (excludes halogenated alkanes) is 30. The fourth-order valence-electron chi connectivity index (χ4n) is 7.64. The minimum Gasteiger partial charge on any atom is -0.462 e. The maximum absolute atomic E-state index is 12.8. The maximum Gasteiger partial charge on any atom is 0.306 e. The number of esters is 3. The van der Waals surface area contributed by atoms with Crippen molar-refractivity contribution in [2.45, 2.75) is 284 Å². The van der Waals surface area contributed by atoms with Crippen LogP contribution in [0.2, 0.25) is 0 Å². The summed E-state index contributed by atoms with van der Waals surface area (Å²) >= 11 is 0. The molecule has 0 radical (unpaired) electrons. The van der Waals surface area contributed by atoms with Crippen molar-refractivity contribution in [3.63, 3.8) is 0 Å². The highest BCUT2D eigenvalue weighted by Gasteiger charge is 2.19. The number of hydrogen-bond donors (Lipinski definition) is 0. The minimum atomic E-state index is -0.784. The molecule has 0 aliphatic heterocycles. The first-order valence-corrected chi connectivity index (χ1v) is 27.1. The van der Waals surface area contributed by atoms with E-state index in [1.165, 1.54) is 148 Å². The fraction of sp³-hybridized carbons (Fsp3) is 0.807. The lowest BCUT2D eigenvalue weighted by Gasteiger charge is -2.18. The first-order chi connectivity index (χ1) is 31.0. The summed E-state index contributed by atoms with van der Waals surface area (Å²) in [6.45, 7) is 6.59. The van der Waals surface area contributed by atoms with Crippen molar-refractivity contribution < 1.29 is 28.6 Å². The van der Waals surface area contributed by atoms with Crippen LogP contribution in [0.1, 0.15) is 278 Å². The summed E-state index contributed by atoms with van der Waals surface area (Å²) in [5.74, 6) is -0.901. The SMILES string of the molecule is CCCCC/C=C/C/C=C/CCCCCCCC(=O)O[C@H](COC(=O)CCCCCCC/C=C/CCCCCC)COC(=O)CCCCCCCCC/C=C/CCCCCCCC. The molecule has 0 saturated heterocycles. The molecule has 6 heteroatoms. The van der Waals surface area contributed by atoms with Gasteiger partial charge in [0.2, 0.25) is 0 Å². The van der Waals surface area contributed by atoms with Crippen molar-refractivity contribution >= 4 is 17.9 Å².